The Balaban J connectivity index is 0.000000122. The normalized spacial score (nSPS) is 16.4. The monoisotopic (exact) mass is 2050 g/mol. The third-order valence-electron chi connectivity index (χ3n) is 26.6. The molecular weight excluding hydrogens is 1940 g/mol. The van der Waals surface area contributed by atoms with Crippen LogP contribution in [0.15, 0.2) is 463 Å². The molecule has 2 aliphatic heterocycles. The van der Waals surface area contributed by atoms with Crippen LogP contribution in [-0.2, 0) is 84.4 Å². The summed E-state index contributed by atoms with van der Waals surface area (Å²) in [5.74, 6) is 0.348. The van der Waals surface area contributed by atoms with Crippen molar-refractivity contribution in [2.75, 3.05) is 14.1 Å². The second-order valence-electron chi connectivity index (χ2n) is 36.3. The largest absolute Gasteiger partial charge is 0.444 e. The fourth-order valence-corrected chi connectivity index (χ4v) is 29.8. The summed E-state index contributed by atoms with van der Waals surface area (Å²) in [6.07, 6.45) is 8.03. The summed E-state index contributed by atoms with van der Waals surface area (Å²) in [5.41, 5.74) is 12.8. The van der Waals surface area contributed by atoms with Crippen molar-refractivity contribution >= 4 is 141 Å². The number of fused-ring (bicyclic) bond motifs is 8. The smallest absolute Gasteiger partial charge is 0.414 e. The average Bonchev–Trinajstić information content (AvgIpc) is 1.53. The van der Waals surface area contributed by atoms with E-state index in [1.54, 1.807) is 14.1 Å². The molecule has 696 valence electrons. The van der Waals surface area contributed by atoms with Crippen molar-refractivity contribution in [1.29, 1.82) is 5.26 Å². The van der Waals surface area contributed by atoms with Gasteiger partial charge in [-0.2, -0.15) is 5.26 Å². The Hall–Kier alpha value is -12.8. The zero-order valence-corrected chi connectivity index (χ0v) is 85.4. The van der Waals surface area contributed by atoms with E-state index in [1.807, 2.05) is 51.1 Å². The third-order valence-corrected chi connectivity index (χ3v) is 36.9. The molecule has 0 saturated heterocycles. The van der Waals surface area contributed by atoms with Crippen LogP contribution in [0, 0.1) is 22.2 Å². The minimum atomic E-state index is -1.08. The number of rotatable bonds is 12. The molecule has 0 radical (unpaired) electrons. The number of aliphatic imine (C=N–C) groups is 2. The number of likely N-dealkylation sites (N-methyl/N-ethyl adjacent to an activating group) is 2. The van der Waals surface area contributed by atoms with E-state index in [1.165, 1.54) is 95.7 Å². The number of guanidine groups is 2. The fourth-order valence-electron chi connectivity index (χ4n) is 20.2. The van der Waals surface area contributed by atoms with Gasteiger partial charge in [-0.1, -0.05) is 441 Å². The summed E-state index contributed by atoms with van der Waals surface area (Å²) in [4.78, 5) is 53.2. The van der Waals surface area contributed by atoms with Crippen LogP contribution in [0.25, 0.3) is 0 Å². The molecule has 16 aromatic rings. The Morgan fingerprint density at radius 1 is 0.353 bits per heavy atom. The van der Waals surface area contributed by atoms with E-state index >= 15 is 0 Å². The zero-order valence-electron chi connectivity index (χ0n) is 78.7. The van der Waals surface area contributed by atoms with Crippen LogP contribution in [0.4, 0.5) is 4.79 Å². The number of carbonyl (C=O) groups excluding carboxylic acids is 3. The van der Waals surface area contributed by atoms with Crippen LogP contribution in [0.5, 0.6) is 0 Å². The Morgan fingerprint density at radius 3 is 0.835 bits per heavy atom. The molecule has 11 nitrogen and oxygen atoms in total. The number of amides is 3. The number of nitrogens with two attached hydrogens (primary N) is 1. The molecule has 0 bridgehead atoms. The molecule has 0 fully saturated rings. The minimum Gasteiger partial charge on any atom is -0.444 e. The van der Waals surface area contributed by atoms with E-state index < -0.39 is 54.5 Å². The average molecular weight is 2050 g/mol. The number of alkyl carbamates (subject to hydrolysis) is 1. The van der Waals surface area contributed by atoms with E-state index in [9.17, 15) is 19.6 Å². The zero-order chi connectivity index (χ0) is 95.5. The summed E-state index contributed by atoms with van der Waals surface area (Å²) >= 11 is 3.61. The molecule has 3 amide bonds. The molecule has 2 unspecified atom stereocenters. The van der Waals surface area contributed by atoms with Gasteiger partial charge in [-0.3, -0.25) is 24.7 Å². The van der Waals surface area contributed by atoms with Crippen LogP contribution >= 0.6 is 47.6 Å². The summed E-state index contributed by atoms with van der Waals surface area (Å²) in [5, 5.41) is 29.0. The van der Waals surface area contributed by atoms with E-state index in [2.05, 4.69) is 446 Å². The summed E-state index contributed by atoms with van der Waals surface area (Å²) in [6, 6.07) is 161. The van der Waals surface area contributed by atoms with E-state index in [-0.39, 0.29) is 55.0 Å². The van der Waals surface area contributed by atoms with Crippen molar-refractivity contribution in [2.24, 2.45) is 26.5 Å². The molecule has 0 aromatic heterocycles. The van der Waals surface area contributed by atoms with Crippen LogP contribution < -0.4 is 74.7 Å². The number of nitrogens with one attached hydrogen (secondary N) is 1. The molecule has 0 saturated carbocycles. The molecule has 139 heavy (non-hydrogen) atoms. The number of carbonyl (C=O) groups is 3. The predicted octanol–water partition coefficient (Wildman–Crippen LogP) is 21.6. The van der Waals surface area contributed by atoms with Gasteiger partial charge in [-0.25, -0.2) is 14.8 Å². The van der Waals surface area contributed by atoms with Crippen LogP contribution in [-0.4, -0.2) is 59.3 Å². The fraction of sp³-hybridized carbons (Fsp3) is 0.164. The molecule has 2 atom stereocenters. The standard InChI is InChI=1S/C27H30BrN3O3.C23H22N4O.4C18H15P.Pd/c1-25(2,3)34-24(33)29-23-30-27(22(32)31(23)4)21-15-20(28)10-9-19(21)16-26(27)13-11-17-7-5-6-8-18(17)12-14-26;1-27-20(28)23(26-21(27)25)19-12-15(14-24)6-7-18(19)13-22(23)10-8-16-4-2-3-5-17(16)9-11-22;4*1-4-10-16(11-5-1)19(17-12-6-2-7-13-17)18-14-8-3-9-15-18;/h5-10,15H,11-14,16H2,1-4H3,(H,29,30,33);2-7,12H,8-11,13H2,1H3,(H2,25,26);4*1-15H;. The maximum atomic E-state index is 14.1. The molecule has 17 heteroatoms. The van der Waals surface area contributed by atoms with E-state index in [0.29, 0.717) is 5.56 Å². The Morgan fingerprint density at radius 2 is 0.590 bits per heavy atom. The first-order chi connectivity index (χ1) is 67.3. The van der Waals surface area contributed by atoms with Gasteiger partial charge in [0.25, 0.3) is 11.8 Å². The van der Waals surface area contributed by atoms with Gasteiger partial charge in [-0.15, -0.1) is 0 Å². The van der Waals surface area contributed by atoms with Gasteiger partial charge in [0.05, 0.1) is 11.6 Å². The minimum absolute atomic E-state index is 0. The second-order valence-corrected chi connectivity index (χ2v) is 46.1. The first-order valence-corrected chi connectivity index (χ1v) is 53.3. The Labute approximate surface area is 846 Å². The summed E-state index contributed by atoms with van der Waals surface area (Å²) in [6.45, 7) is 5.42. The number of nitrogens with zero attached hydrogens (tertiary/aromatic N) is 5. The summed E-state index contributed by atoms with van der Waals surface area (Å²) in [7, 11) is 1.59. The summed E-state index contributed by atoms with van der Waals surface area (Å²) < 4.78 is 6.36. The van der Waals surface area contributed by atoms with Crippen molar-refractivity contribution in [3.8, 4) is 6.07 Å². The number of hydrogen-bond acceptors (Lipinski definition) is 8. The van der Waals surface area contributed by atoms with Crippen LogP contribution in [0.2, 0.25) is 0 Å². The van der Waals surface area contributed by atoms with Crippen LogP contribution in [0.3, 0.4) is 0 Å². The topological polar surface area (TPSA) is 153 Å². The van der Waals surface area contributed by atoms with Gasteiger partial charge in [0.15, 0.2) is 17.0 Å². The SMILES string of the molecule is CN1C(=O)C2(N=C1N)c1cc(C#N)ccc1CC21CCc2ccccc2CC1.CN1C(=O)C2(N=C1NC(=O)OC(C)(C)C)c1cc(Br)ccc1CC21CCc2ccccc2CC1.[Pd].c1ccc(P(c2ccccc2)c2ccccc2)cc1.c1ccc(P(c2ccccc2)c2ccccc2)cc1.c1ccc(P(c2ccccc2)c2ccccc2)cc1.c1ccc(P(c2ccccc2)c2ccccc2)cc1. The maximum Gasteiger partial charge on any atom is 0.414 e. The molecular formula is C122H112BrN7O4P4Pd. The van der Waals surface area contributed by atoms with E-state index in [4.69, 9.17) is 20.5 Å². The molecule has 22 rings (SSSR count). The molecule has 4 spiro atoms. The first kappa shape index (κ1) is 99.2. The van der Waals surface area contributed by atoms with Gasteiger partial charge in [0.1, 0.15) is 5.60 Å². The van der Waals surface area contributed by atoms with Gasteiger partial charge in [-0.05, 0) is 249 Å². The molecule has 4 aliphatic carbocycles. The Kier molecular flexibility index (Phi) is 32.8. The predicted molar refractivity (Wildman–Crippen MR) is 582 cm³/mol. The maximum absolute atomic E-state index is 14.1. The molecule has 2 heterocycles. The number of nitriles is 1. The number of ether oxygens (including phenoxy) is 1. The number of aryl methyl sites for hydroxylation is 4. The van der Waals surface area contributed by atoms with E-state index in [0.717, 1.165) is 90.9 Å². The van der Waals surface area contributed by atoms with Crippen molar-refractivity contribution in [3.63, 3.8) is 0 Å². The Bertz CT molecular complexity index is 6030. The number of halogens is 1. The van der Waals surface area contributed by atoms with Gasteiger partial charge >= 0.3 is 6.09 Å². The number of benzene rings is 16. The van der Waals surface area contributed by atoms with Gasteiger partial charge < -0.3 is 10.5 Å². The van der Waals surface area contributed by atoms with Gasteiger partial charge in [0, 0.05) is 49.8 Å². The van der Waals surface area contributed by atoms with Crippen molar-refractivity contribution < 1.29 is 39.5 Å². The van der Waals surface area contributed by atoms with Crippen molar-refractivity contribution in [3.05, 3.63) is 503 Å². The van der Waals surface area contributed by atoms with Gasteiger partial charge in [0.2, 0.25) is 5.96 Å². The third kappa shape index (κ3) is 22.3. The molecule has 3 N–H and O–H groups in total. The number of hydrogen-bond donors (Lipinski definition) is 2. The second kappa shape index (κ2) is 45.9. The molecule has 6 aliphatic rings. The van der Waals surface area contributed by atoms with Crippen molar-refractivity contribution in [1.82, 2.24) is 15.1 Å². The first-order valence-electron chi connectivity index (χ1n) is 47.1. The van der Waals surface area contributed by atoms with Crippen molar-refractivity contribution in [2.45, 2.75) is 102 Å². The molecule has 16 aromatic carbocycles. The quantitative estimate of drug-likeness (QED) is 0.0917. The van der Waals surface area contributed by atoms with Crippen LogP contribution in [0.1, 0.15) is 96.5 Å².